The average Bonchev–Trinajstić information content (AvgIpc) is 3.55. The zero-order chi connectivity index (χ0) is 24.2. The number of nitrogens with one attached hydrogen (secondary N) is 1. The number of morpholine rings is 1. The van der Waals surface area contributed by atoms with Crippen LogP contribution in [-0.2, 0) is 9.53 Å². The van der Waals surface area contributed by atoms with Crippen molar-refractivity contribution in [2.24, 2.45) is 0 Å². The van der Waals surface area contributed by atoms with Gasteiger partial charge in [-0.2, -0.15) is 0 Å². The van der Waals surface area contributed by atoms with E-state index in [1.165, 1.54) is 30.3 Å². The molecule has 0 bridgehead atoms. The Labute approximate surface area is 210 Å². The standard InChI is InChI=1S/C26H32N6O2S/c1-19-6-5-7-22(16-19)32-25(31-12-14-34-15-13-31)28-29-26(32)35-18-24(33)27-23-9-8-21(17-20(23)2)30-10-3-4-11-30/h5-9,16-17H,3-4,10-15,18H2,1-2H3,(H,27,33). The van der Waals surface area contributed by atoms with E-state index in [1.807, 2.05) is 23.6 Å². The number of anilines is 3. The van der Waals surface area contributed by atoms with Crippen LogP contribution >= 0.6 is 11.8 Å². The highest BCUT2D eigenvalue weighted by Crippen LogP contribution is 2.29. The summed E-state index contributed by atoms with van der Waals surface area (Å²) < 4.78 is 7.56. The second-order valence-corrected chi connectivity index (χ2v) is 10.0. The van der Waals surface area contributed by atoms with Gasteiger partial charge in [-0.1, -0.05) is 23.9 Å². The zero-order valence-electron chi connectivity index (χ0n) is 20.4. The molecule has 0 unspecified atom stereocenters. The maximum Gasteiger partial charge on any atom is 0.234 e. The molecule has 2 saturated heterocycles. The molecule has 0 atom stereocenters. The number of benzene rings is 2. The fraction of sp³-hybridized carbons (Fsp3) is 0.423. The highest BCUT2D eigenvalue weighted by Gasteiger charge is 2.22. The van der Waals surface area contributed by atoms with Crippen molar-refractivity contribution in [3.05, 3.63) is 53.6 Å². The third kappa shape index (κ3) is 5.46. The second-order valence-electron chi connectivity index (χ2n) is 9.09. The maximum atomic E-state index is 12.9. The van der Waals surface area contributed by atoms with Crippen molar-refractivity contribution in [3.63, 3.8) is 0 Å². The van der Waals surface area contributed by atoms with Crippen LogP contribution in [0, 0.1) is 13.8 Å². The molecule has 3 heterocycles. The molecule has 3 aromatic rings. The smallest absolute Gasteiger partial charge is 0.234 e. The van der Waals surface area contributed by atoms with Gasteiger partial charge in [0.25, 0.3) is 0 Å². The van der Waals surface area contributed by atoms with E-state index in [0.29, 0.717) is 18.4 Å². The second kappa shape index (κ2) is 10.7. The molecule has 2 aliphatic heterocycles. The van der Waals surface area contributed by atoms with Crippen LogP contribution in [0.4, 0.5) is 17.3 Å². The molecule has 184 valence electrons. The largest absolute Gasteiger partial charge is 0.378 e. The predicted molar refractivity (Wildman–Crippen MR) is 141 cm³/mol. The molecule has 1 amide bonds. The fourth-order valence-corrected chi connectivity index (χ4v) is 5.34. The van der Waals surface area contributed by atoms with E-state index in [-0.39, 0.29) is 11.7 Å². The van der Waals surface area contributed by atoms with Gasteiger partial charge in [-0.25, -0.2) is 0 Å². The first-order valence-corrected chi connectivity index (χ1v) is 13.2. The van der Waals surface area contributed by atoms with Crippen LogP contribution in [0.25, 0.3) is 5.69 Å². The number of thioether (sulfide) groups is 1. The predicted octanol–water partition coefficient (Wildman–Crippen LogP) is 4.05. The molecule has 2 fully saturated rings. The lowest BCUT2D eigenvalue weighted by Crippen LogP contribution is -2.37. The van der Waals surface area contributed by atoms with Gasteiger partial charge in [0.05, 0.1) is 24.7 Å². The van der Waals surface area contributed by atoms with Crippen molar-refractivity contribution in [1.29, 1.82) is 0 Å². The van der Waals surface area contributed by atoms with E-state index in [4.69, 9.17) is 4.74 Å². The molecule has 8 nitrogen and oxygen atoms in total. The number of carbonyl (C=O) groups excluding carboxylic acids is 1. The Kier molecular flexibility index (Phi) is 7.24. The van der Waals surface area contributed by atoms with Crippen LogP contribution in [-0.4, -0.2) is 65.8 Å². The average molecular weight is 493 g/mol. The first-order chi connectivity index (χ1) is 17.1. The van der Waals surface area contributed by atoms with Crippen molar-refractivity contribution >= 4 is 35.0 Å². The van der Waals surface area contributed by atoms with Crippen molar-refractivity contribution in [3.8, 4) is 5.69 Å². The van der Waals surface area contributed by atoms with Crippen LogP contribution in [0.15, 0.2) is 47.6 Å². The van der Waals surface area contributed by atoms with Gasteiger partial charge in [-0.05, 0) is 68.1 Å². The Bertz CT molecular complexity index is 1180. The summed E-state index contributed by atoms with van der Waals surface area (Å²) in [6.07, 6.45) is 2.49. The first kappa shape index (κ1) is 23.7. The topological polar surface area (TPSA) is 75.5 Å². The Balaban J connectivity index is 1.30. The highest BCUT2D eigenvalue weighted by atomic mass is 32.2. The Morgan fingerprint density at radius 2 is 1.77 bits per heavy atom. The van der Waals surface area contributed by atoms with Crippen LogP contribution < -0.4 is 15.1 Å². The summed E-state index contributed by atoms with van der Waals surface area (Å²) in [5.74, 6) is 0.981. The molecule has 0 aliphatic carbocycles. The van der Waals surface area contributed by atoms with E-state index in [2.05, 4.69) is 62.6 Å². The van der Waals surface area contributed by atoms with Crippen molar-refractivity contribution in [1.82, 2.24) is 14.8 Å². The van der Waals surface area contributed by atoms with E-state index in [1.54, 1.807) is 0 Å². The third-order valence-electron chi connectivity index (χ3n) is 6.46. The van der Waals surface area contributed by atoms with Gasteiger partial charge in [0.15, 0.2) is 5.16 Å². The Hall–Kier alpha value is -3.04. The molecule has 0 spiro atoms. The number of aryl methyl sites for hydroxylation is 2. The first-order valence-electron chi connectivity index (χ1n) is 12.2. The van der Waals surface area contributed by atoms with Gasteiger partial charge in [-0.3, -0.25) is 9.36 Å². The van der Waals surface area contributed by atoms with E-state index >= 15 is 0 Å². The molecular formula is C26H32N6O2S. The summed E-state index contributed by atoms with van der Waals surface area (Å²) in [6, 6.07) is 14.5. The zero-order valence-corrected chi connectivity index (χ0v) is 21.2. The lowest BCUT2D eigenvalue weighted by molar-refractivity contribution is -0.113. The number of aromatic nitrogens is 3. The molecule has 1 aromatic heterocycles. The number of hydrogen-bond acceptors (Lipinski definition) is 7. The number of carbonyl (C=O) groups is 1. The van der Waals surface area contributed by atoms with E-state index < -0.39 is 0 Å². The van der Waals surface area contributed by atoms with E-state index in [0.717, 1.165) is 54.6 Å². The minimum atomic E-state index is -0.0567. The Morgan fingerprint density at radius 1 is 0.971 bits per heavy atom. The van der Waals surface area contributed by atoms with Gasteiger partial charge >= 0.3 is 0 Å². The summed E-state index contributed by atoms with van der Waals surface area (Å²) in [7, 11) is 0. The van der Waals surface area contributed by atoms with Crippen molar-refractivity contribution < 1.29 is 9.53 Å². The third-order valence-corrected chi connectivity index (χ3v) is 7.39. The van der Waals surface area contributed by atoms with Crippen LogP contribution in [0.1, 0.15) is 24.0 Å². The molecule has 9 heteroatoms. The Morgan fingerprint density at radius 3 is 2.51 bits per heavy atom. The number of hydrogen-bond donors (Lipinski definition) is 1. The lowest BCUT2D eigenvalue weighted by atomic mass is 10.1. The summed E-state index contributed by atoms with van der Waals surface area (Å²) in [4.78, 5) is 17.5. The van der Waals surface area contributed by atoms with Crippen LogP contribution in [0.5, 0.6) is 0 Å². The molecule has 1 N–H and O–H groups in total. The molecule has 0 saturated carbocycles. The summed E-state index contributed by atoms with van der Waals surface area (Å²) in [5, 5.41) is 12.7. The molecule has 2 aliphatic rings. The van der Waals surface area contributed by atoms with E-state index in [9.17, 15) is 4.79 Å². The van der Waals surface area contributed by atoms with Crippen molar-refractivity contribution in [2.75, 3.05) is 60.3 Å². The van der Waals surface area contributed by atoms with Gasteiger partial charge in [0.2, 0.25) is 11.9 Å². The van der Waals surface area contributed by atoms with Gasteiger partial charge in [0.1, 0.15) is 0 Å². The highest BCUT2D eigenvalue weighted by molar-refractivity contribution is 7.99. The maximum absolute atomic E-state index is 12.9. The van der Waals surface area contributed by atoms with Gasteiger partial charge in [-0.15, -0.1) is 10.2 Å². The molecule has 2 aromatic carbocycles. The number of ether oxygens (including phenoxy) is 1. The molecular weight excluding hydrogens is 460 g/mol. The van der Waals surface area contributed by atoms with Crippen LogP contribution in [0.3, 0.4) is 0 Å². The normalized spacial score (nSPS) is 16.1. The monoisotopic (exact) mass is 492 g/mol. The number of rotatable bonds is 7. The molecule has 5 rings (SSSR count). The summed E-state index contributed by atoms with van der Waals surface area (Å²) in [6.45, 7) is 9.20. The summed E-state index contributed by atoms with van der Waals surface area (Å²) >= 11 is 1.40. The van der Waals surface area contributed by atoms with Gasteiger partial charge in [0, 0.05) is 37.6 Å². The SMILES string of the molecule is Cc1cccc(-n2c(SCC(=O)Nc3ccc(N4CCCC4)cc3C)nnc2N2CCOCC2)c1. The lowest BCUT2D eigenvalue weighted by Gasteiger charge is -2.28. The summed E-state index contributed by atoms with van der Waals surface area (Å²) in [5.41, 5.74) is 5.31. The fourth-order valence-electron chi connectivity index (χ4n) is 4.59. The van der Waals surface area contributed by atoms with Crippen molar-refractivity contribution in [2.45, 2.75) is 31.8 Å². The van der Waals surface area contributed by atoms with Gasteiger partial charge < -0.3 is 19.9 Å². The molecule has 0 radical (unpaired) electrons. The number of amides is 1. The minimum absolute atomic E-state index is 0.0567. The number of nitrogens with zero attached hydrogens (tertiary/aromatic N) is 5. The van der Waals surface area contributed by atoms with Crippen LogP contribution in [0.2, 0.25) is 0 Å². The molecule has 35 heavy (non-hydrogen) atoms. The quantitative estimate of drug-likeness (QED) is 0.499. The minimum Gasteiger partial charge on any atom is -0.378 e.